The Morgan fingerprint density at radius 2 is 1.95 bits per heavy atom. The van der Waals surface area contributed by atoms with Crippen LogP contribution in [-0.2, 0) is 13.0 Å². The summed E-state index contributed by atoms with van der Waals surface area (Å²) < 4.78 is 5.69. The minimum absolute atomic E-state index is 0.196. The Labute approximate surface area is 128 Å². The number of halogens is 1. The van der Waals surface area contributed by atoms with E-state index < -0.39 is 0 Å². The number of ether oxygens (including phenoxy) is 1. The van der Waals surface area contributed by atoms with Crippen molar-refractivity contribution in [3.8, 4) is 5.75 Å². The molecule has 2 rings (SSSR count). The standard InChI is InChI=1S/C15H18ClN3O2/c1-9-5-12(6-10(2)15(9)16)21-4-3-13-18-11(8-17)7-14(20)19-13/h5-7H,3-4,8,17H2,1-2H3,(H,18,19,20). The lowest BCUT2D eigenvalue weighted by Crippen LogP contribution is -2.16. The number of aryl methyl sites for hydroxylation is 2. The van der Waals surface area contributed by atoms with Crippen LogP contribution in [0, 0.1) is 13.8 Å². The molecule has 0 radical (unpaired) electrons. The van der Waals surface area contributed by atoms with Crippen molar-refractivity contribution in [3.63, 3.8) is 0 Å². The summed E-state index contributed by atoms with van der Waals surface area (Å²) in [6, 6.07) is 5.18. The second-order valence-corrected chi connectivity index (χ2v) is 5.24. The third kappa shape index (κ3) is 4.06. The molecule has 0 aliphatic carbocycles. The van der Waals surface area contributed by atoms with E-state index in [1.165, 1.54) is 6.07 Å². The number of aromatic amines is 1. The van der Waals surface area contributed by atoms with Gasteiger partial charge in [-0.2, -0.15) is 0 Å². The first-order chi connectivity index (χ1) is 9.99. The third-order valence-electron chi connectivity index (χ3n) is 3.07. The van der Waals surface area contributed by atoms with Crippen molar-refractivity contribution in [3.05, 3.63) is 56.2 Å². The molecule has 21 heavy (non-hydrogen) atoms. The van der Waals surface area contributed by atoms with E-state index in [4.69, 9.17) is 22.1 Å². The van der Waals surface area contributed by atoms with Crippen LogP contribution >= 0.6 is 11.6 Å². The molecule has 0 unspecified atom stereocenters. The molecule has 6 heteroatoms. The van der Waals surface area contributed by atoms with Crippen LogP contribution in [0.15, 0.2) is 23.0 Å². The van der Waals surface area contributed by atoms with Gasteiger partial charge in [0.15, 0.2) is 0 Å². The van der Waals surface area contributed by atoms with Gasteiger partial charge in [0.05, 0.1) is 12.3 Å². The number of rotatable bonds is 5. The van der Waals surface area contributed by atoms with Crippen LogP contribution < -0.4 is 16.0 Å². The zero-order chi connectivity index (χ0) is 15.4. The lowest BCUT2D eigenvalue weighted by molar-refractivity contribution is 0.318. The van der Waals surface area contributed by atoms with Crippen LogP contribution in [0.3, 0.4) is 0 Å². The van der Waals surface area contributed by atoms with Crippen LogP contribution in [0.2, 0.25) is 5.02 Å². The third-order valence-corrected chi connectivity index (χ3v) is 3.67. The van der Waals surface area contributed by atoms with Crippen molar-refractivity contribution in [2.45, 2.75) is 26.8 Å². The molecule has 0 aliphatic heterocycles. The van der Waals surface area contributed by atoms with E-state index in [1.807, 2.05) is 26.0 Å². The first kappa shape index (κ1) is 15.5. The van der Waals surface area contributed by atoms with Gasteiger partial charge in [0, 0.05) is 24.1 Å². The molecule has 112 valence electrons. The van der Waals surface area contributed by atoms with Gasteiger partial charge in [-0.1, -0.05) is 11.6 Å². The molecule has 2 aromatic rings. The van der Waals surface area contributed by atoms with Gasteiger partial charge in [0.25, 0.3) is 5.56 Å². The maximum absolute atomic E-state index is 11.4. The number of nitrogens with two attached hydrogens (primary N) is 1. The topological polar surface area (TPSA) is 81.0 Å². The number of benzene rings is 1. The van der Waals surface area contributed by atoms with E-state index in [1.54, 1.807) is 0 Å². The summed E-state index contributed by atoms with van der Waals surface area (Å²) in [4.78, 5) is 18.4. The van der Waals surface area contributed by atoms with Crippen molar-refractivity contribution in [1.82, 2.24) is 9.97 Å². The molecule has 1 aromatic heterocycles. The van der Waals surface area contributed by atoms with Crippen LogP contribution in [0.5, 0.6) is 5.75 Å². The average molecular weight is 308 g/mol. The summed E-state index contributed by atoms with van der Waals surface area (Å²) in [6.45, 7) is 4.53. The number of nitrogens with one attached hydrogen (secondary N) is 1. The number of H-pyrrole nitrogens is 1. The predicted molar refractivity (Wildman–Crippen MR) is 82.9 cm³/mol. The Bertz CT molecular complexity index is 675. The lowest BCUT2D eigenvalue weighted by atomic mass is 10.1. The minimum Gasteiger partial charge on any atom is -0.493 e. The van der Waals surface area contributed by atoms with Gasteiger partial charge in [-0.3, -0.25) is 4.79 Å². The molecule has 1 aromatic carbocycles. The molecule has 0 amide bonds. The highest BCUT2D eigenvalue weighted by Gasteiger charge is 2.05. The number of hydrogen-bond acceptors (Lipinski definition) is 4. The highest BCUT2D eigenvalue weighted by molar-refractivity contribution is 6.32. The summed E-state index contributed by atoms with van der Waals surface area (Å²) in [7, 11) is 0. The lowest BCUT2D eigenvalue weighted by Gasteiger charge is -2.10. The van der Waals surface area contributed by atoms with E-state index in [2.05, 4.69) is 9.97 Å². The average Bonchev–Trinajstić information content (AvgIpc) is 2.44. The first-order valence-electron chi connectivity index (χ1n) is 6.68. The van der Waals surface area contributed by atoms with Gasteiger partial charge >= 0.3 is 0 Å². The fourth-order valence-corrected chi connectivity index (χ4v) is 2.15. The second kappa shape index (κ2) is 6.74. The zero-order valence-electron chi connectivity index (χ0n) is 12.1. The van der Waals surface area contributed by atoms with Crippen molar-refractivity contribution < 1.29 is 4.74 Å². The molecule has 0 aliphatic rings. The van der Waals surface area contributed by atoms with Crippen LogP contribution in [-0.4, -0.2) is 16.6 Å². The second-order valence-electron chi connectivity index (χ2n) is 4.86. The SMILES string of the molecule is Cc1cc(OCCc2nc(CN)cc(=O)[nH]2)cc(C)c1Cl. The normalized spacial score (nSPS) is 10.7. The van der Waals surface area contributed by atoms with Crippen LogP contribution in [0.25, 0.3) is 0 Å². The molecule has 0 spiro atoms. The summed E-state index contributed by atoms with van der Waals surface area (Å²) in [6.07, 6.45) is 0.504. The van der Waals surface area contributed by atoms with E-state index in [9.17, 15) is 4.79 Å². The molecular formula is C15H18ClN3O2. The minimum atomic E-state index is -0.196. The van der Waals surface area contributed by atoms with Gasteiger partial charge in [0.1, 0.15) is 11.6 Å². The van der Waals surface area contributed by atoms with E-state index >= 15 is 0 Å². The van der Waals surface area contributed by atoms with Crippen LogP contribution in [0.1, 0.15) is 22.6 Å². The van der Waals surface area contributed by atoms with Crippen molar-refractivity contribution in [2.75, 3.05) is 6.61 Å². The van der Waals surface area contributed by atoms with Crippen molar-refractivity contribution in [2.24, 2.45) is 5.73 Å². The maximum Gasteiger partial charge on any atom is 0.251 e. The Morgan fingerprint density at radius 1 is 1.29 bits per heavy atom. The zero-order valence-corrected chi connectivity index (χ0v) is 12.8. The Balaban J connectivity index is 2.01. The summed E-state index contributed by atoms with van der Waals surface area (Å²) in [5.41, 5.74) is 7.83. The molecule has 0 atom stereocenters. The summed E-state index contributed by atoms with van der Waals surface area (Å²) in [5.74, 6) is 1.33. The molecule has 3 N–H and O–H groups in total. The first-order valence-corrected chi connectivity index (χ1v) is 7.06. The predicted octanol–water partition coefficient (Wildman–Crippen LogP) is 2.12. The van der Waals surface area contributed by atoms with E-state index in [0.717, 1.165) is 21.9 Å². The Morgan fingerprint density at radius 3 is 2.57 bits per heavy atom. The quantitative estimate of drug-likeness (QED) is 0.886. The largest absolute Gasteiger partial charge is 0.493 e. The Hall–Kier alpha value is -1.85. The summed E-state index contributed by atoms with van der Waals surface area (Å²) >= 11 is 6.11. The molecule has 1 heterocycles. The molecule has 0 fully saturated rings. The Kier molecular flexibility index (Phi) is 4.98. The van der Waals surface area contributed by atoms with Gasteiger partial charge in [-0.15, -0.1) is 0 Å². The summed E-state index contributed by atoms with van der Waals surface area (Å²) in [5, 5.41) is 0.754. The molecule has 5 nitrogen and oxygen atoms in total. The van der Waals surface area contributed by atoms with Gasteiger partial charge in [-0.25, -0.2) is 4.98 Å². The monoisotopic (exact) mass is 307 g/mol. The highest BCUT2D eigenvalue weighted by Crippen LogP contribution is 2.25. The van der Waals surface area contributed by atoms with Crippen LogP contribution in [0.4, 0.5) is 0 Å². The molecule has 0 saturated heterocycles. The molecular weight excluding hydrogens is 290 g/mol. The van der Waals surface area contributed by atoms with Gasteiger partial charge < -0.3 is 15.5 Å². The number of nitrogens with zero attached hydrogens (tertiary/aromatic N) is 1. The smallest absolute Gasteiger partial charge is 0.251 e. The van der Waals surface area contributed by atoms with Gasteiger partial charge in [-0.05, 0) is 37.1 Å². The highest BCUT2D eigenvalue weighted by atomic mass is 35.5. The van der Waals surface area contributed by atoms with E-state index in [-0.39, 0.29) is 12.1 Å². The number of aromatic nitrogens is 2. The van der Waals surface area contributed by atoms with E-state index in [0.29, 0.717) is 24.5 Å². The van der Waals surface area contributed by atoms with Crippen molar-refractivity contribution >= 4 is 11.6 Å². The fraction of sp³-hybridized carbons (Fsp3) is 0.333. The van der Waals surface area contributed by atoms with Crippen molar-refractivity contribution in [1.29, 1.82) is 0 Å². The van der Waals surface area contributed by atoms with Gasteiger partial charge in [0.2, 0.25) is 0 Å². The maximum atomic E-state index is 11.4. The fourth-order valence-electron chi connectivity index (χ4n) is 2.04. The number of hydrogen-bond donors (Lipinski definition) is 2. The molecule has 0 bridgehead atoms. The molecule has 0 saturated carbocycles.